The van der Waals surface area contributed by atoms with E-state index in [-0.39, 0.29) is 18.2 Å². The number of aromatic nitrogens is 1. The normalized spacial score (nSPS) is 19.3. The maximum Gasteiger partial charge on any atom is 0.251 e. The van der Waals surface area contributed by atoms with Gasteiger partial charge in [0.25, 0.3) is 5.91 Å². The summed E-state index contributed by atoms with van der Waals surface area (Å²) < 4.78 is 0. The number of rotatable bonds is 2. The summed E-state index contributed by atoms with van der Waals surface area (Å²) in [5, 5.41) is 11.5. The summed E-state index contributed by atoms with van der Waals surface area (Å²) >= 11 is 0. The van der Waals surface area contributed by atoms with E-state index in [1.807, 2.05) is 6.07 Å². The quantitative estimate of drug-likeness (QED) is 0.729. The Kier molecular flexibility index (Phi) is 2.75. The van der Waals surface area contributed by atoms with E-state index in [2.05, 4.69) is 10.3 Å². The van der Waals surface area contributed by atoms with Crippen molar-refractivity contribution in [1.82, 2.24) is 9.88 Å². The number of amides is 2. The summed E-state index contributed by atoms with van der Waals surface area (Å²) in [5.74, 6) is -0.450. The lowest BCUT2D eigenvalue weighted by molar-refractivity contribution is -0.136. The molecule has 1 saturated heterocycles. The average Bonchev–Trinajstić information content (AvgIpc) is 2.58. The van der Waals surface area contributed by atoms with E-state index in [9.17, 15) is 9.59 Å². The second kappa shape index (κ2) is 4.22. The van der Waals surface area contributed by atoms with Crippen molar-refractivity contribution in [3.63, 3.8) is 0 Å². The van der Waals surface area contributed by atoms with Crippen LogP contribution in [-0.4, -0.2) is 34.8 Å². The minimum absolute atomic E-state index is 0.148. The van der Waals surface area contributed by atoms with E-state index >= 15 is 0 Å². The molecule has 2 amide bonds. The molecule has 0 saturated carbocycles. The SMILES string of the molecule is CN1C(=O)CC(Nc2ccc(C#N)nc2)C1=O. The van der Waals surface area contributed by atoms with Crippen molar-refractivity contribution in [3.8, 4) is 6.07 Å². The van der Waals surface area contributed by atoms with E-state index in [0.717, 1.165) is 4.90 Å². The zero-order chi connectivity index (χ0) is 12.4. The van der Waals surface area contributed by atoms with Crippen LogP contribution in [-0.2, 0) is 9.59 Å². The molecule has 1 atom stereocenters. The number of nitriles is 1. The first-order chi connectivity index (χ1) is 8.11. The van der Waals surface area contributed by atoms with Gasteiger partial charge in [0.2, 0.25) is 5.91 Å². The molecule has 1 aliphatic rings. The highest BCUT2D eigenvalue weighted by Crippen LogP contribution is 2.16. The Morgan fingerprint density at radius 3 is 2.76 bits per heavy atom. The zero-order valence-electron chi connectivity index (χ0n) is 9.17. The molecule has 2 rings (SSSR count). The standard InChI is InChI=1S/C11H10N4O2/c1-15-10(16)4-9(11(15)17)14-8-3-2-7(5-12)13-6-8/h2-3,6,9,14H,4H2,1H3. The highest BCUT2D eigenvalue weighted by molar-refractivity contribution is 6.06. The fourth-order valence-electron chi connectivity index (χ4n) is 1.61. The summed E-state index contributed by atoms with van der Waals surface area (Å²) in [6.07, 6.45) is 1.62. The van der Waals surface area contributed by atoms with Crippen LogP contribution >= 0.6 is 0 Å². The summed E-state index contributed by atoms with van der Waals surface area (Å²) in [7, 11) is 1.46. The average molecular weight is 230 g/mol. The Labute approximate surface area is 97.9 Å². The molecule has 0 radical (unpaired) electrons. The Morgan fingerprint density at radius 2 is 2.29 bits per heavy atom. The first-order valence-corrected chi connectivity index (χ1v) is 5.05. The maximum atomic E-state index is 11.6. The van der Waals surface area contributed by atoms with Gasteiger partial charge in [-0.05, 0) is 12.1 Å². The summed E-state index contributed by atoms with van der Waals surface area (Å²) in [5.41, 5.74) is 0.923. The Balaban J connectivity index is 2.09. The maximum absolute atomic E-state index is 11.6. The number of hydrogen-bond donors (Lipinski definition) is 1. The van der Waals surface area contributed by atoms with Gasteiger partial charge in [0.15, 0.2) is 0 Å². The highest BCUT2D eigenvalue weighted by Gasteiger charge is 2.35. The number of hydrogen-bond acceptors (Lipinski definition) is 5. The number of imide groups is 1. The summed E-state index contributed by atoms with van der Waals surface area (Å²) in [6.45, 7) is 0. The van der Waals surface area contributed by atoms with Crippen molar-refractivity contribution in [2.45, 2.75) is 12.5 Å². The lowest BCUT2D eigenvalue weighted by atomic mass is 10.2. The molecule has 86 valence electrons. The third-order valence-corrected chi connectivity index (χ3v) is 2.60. The second-order valence-electron chi connectivity index (χ2n) is 3.74. The van der Waals surface area contributed by atoms with Crippen LogP contribution < -0.4 is 5.32 Å². The molecule has 6 nitrogen and oxygen atoms in total. The molecule has 0 aromatic carbocycles. The first kappa shape index (κ1) is 11.1. The van der Waals surface area contributed by atoms with Gasteiger partial charge in [-0.15, -0.1) is 0 Å². The molecule has 1 N–H and O–H groups in total. The number of nitrogens with one attached hydrogen (secondary N) is 1. The number of carbonyl (C=O) groups is 2. The number of likely N-dealkylation sites (N-methyl/N-ethyl adjacent to an activating group) is 1. The van der Waals surface area contributed by atoms with Crippen LogP contribution in [0.5, 0.6) is 0 Å². The summed E-state index contributed by atoms with van der Waals surface area (Å²) in [6, 6.07) is 4.57. The van der Waals surface area contributed by atoms with Crippen molar-refractivity contribution in [2.75, 3.05) is 12.4 Å². The zero-order valence-corrected chi connectivity index (χ0v) is 9.17. The number of anilines is 1. The molecule has 0 bridgehead atoms. The van der Waals surface area contributed by atoms with Crippen molar-refractivity contribution in [3.05, 3.63) is 24.0 Å². The number of nitrogens with zero attached hydrogens (tertiary/aromatic N) is 3. The molecule has 1 aromatic heterocycles. The van der Waals surface area contributed by atoms with Crippen molar-refractivity contribution in [2.24, 2.45) is 0 Å². The van der Waals surface area contributed by atoms with Crippen molar-refractivity contribution < 1.29 is 9.59 Å². The van der Waals surface area contributed by atoms with Gasteiger partial charge < -0.3 is 5.32 Å². The van der Waals surface area contributed by atoms with Gasteiger partial charge in [-0.3, -0.25) is 14.5 Å². The second-order valence-corrected chi connectivity index (χ2v) is 3.74. The van der Waals surface area contributed by atoms with E-state index in [0.29, 0.717) is 11.4 Å². The van der Waals surface area contributed by atoms with Gasteiger partial charge in [-0.1, -0.05) is 0 Å². The minimum Gasteiger partial charge on any atom is -0.372 e. The molecule has 1 unspecified atom stereocenters. The molecule has 1 fully saturated rings. The van der Waals surface area contributed by atoms with Crippen LogP contribution in [0, 0.1) is 11.3 Å². The van der Waals surface area contributed by atoms with E-state index < -0.39 is 6.04 Å². The monoisotopic (exact) mass is 230 g/mol. The minimum atomic E-state index is -0.540. The number of carbonyl (C=O) groups excluding carboxylic acids is 2. The highest BCUT2D eigenvalue weighted by atomic mass is 16.2. The fraction of sp³-hybridized carbons (Fsp3) is 0.273. The lowest BCUT2D eigenvalue weighted by Gasteiger charge is -2.11. The largest absolute Gasteiger partial charge is 0.372 e. The molecule has 1 aromatic rings. The van der Waals surface area contributed by atoms with Gasteiger partial charge >= 0.3 is 0 Å². The molecular weight excluding hydrogens is 220 g/mol. The van der Waals surface area contributed by atoms with Gasteiger partial charge in [-0.25, -0.2) is 4.98 Å². The molecule has 6 heteroatoms. The lowest BCUT2D eigenvalue weighted by Crippen LogP contribution is -2.31. The van der Waals surface area contributed by atoms with Crippen LogP contribution in [0.15, 0.2) is 18.3 Å². The Bertz CT molecular complexity index is 503. The predicted molar refractivity (Wildman–Crippen MR) is 58.8 cm³/mol. The third kappa shape index (κ3) is 2.08. The fourth-order valence-corrected chi connectivity index (χ4v) is 1.61. The summed E-state index contributed by atoms with van der Waals surface area (Å²) in [4.78, 5) is 27.9. The van der Waals surface area contributed by atoms with Crippen LogP contribution in [0.2, 0.25) is 0 Å². The molecule has 1 aliphatic heterocycles. The van der Waals surface area contributed by atoms with Gasteiger partial charge in [0.1, 0.15) is 17.8 Å². The topological polar surface area (TPSA) is 86.1 Å². The van der Waals surface area contributed by atoms with Crippen molar-refractivity contribution in [1.29, 1.82) is 5.26 Å². The van der Waals surface area contributed by atoms with Gasteiger partial charge in [0.05, 0.1) is 18.3 Å². The van der Waals surface area contributed by atoms with Crippen LogP contribution in [0.3, 0.4) is 0 Å². The van der Waals surface area contributed by atoms with Crippen LogP contribution in [0.4, 0.5) is 5.69 Å². The third-order valence-electron chi connectivity index (χ3n) is 2.60. The molecular formula is C11H10N4O2. The smallest absolute Gasteiger partial charge is 0.251 e. The van der Waals surface area contributed by atoms with Crippen molar-refractivity contribution >= 4 is 17.5 Å². The van der Waals surface area contributed by atoms with Gasteiger partial charge in [-0.2, -0.15) is 5.26 Å². The van der Waals surface area contributed by atoms with E-state index in [1.54, 1.807) is 12.1 Å². The molecule has 2 heterocycles. The van der Waals surface area contributed by atoms with Gasteiger partial charge in [0, 0.05) is 7.05 Å². The first-order valence-electron chi connectivity index (χ1n) is 5.05. The molecule has 17 heavy (non-hydrogen) atoms. The predicted octanol–water partition coefficient (Wildman–Crippen LogP) is 0.122. The van der Waals surface area contributed by atoms with Crippen LogP contribution in [0.25, 0.3) is 0 Å². The molecule has 0 spiro atoms. The Hall–Kier alpha value is -2.42. The Morgan fingerprint density at radius 1 is 1.53 bits per heavy atom. The number of likely N-dealkylation sites (tertiary alicyclic amines) is 1. The van der Waals surface area contributed by atoms with E-state index in [4.69, 9.17) is 5.26 Å². The van der Waals surface area contributed by atoms with Crippen LogP contribution in [0.1, 0.15) is 12.1 Å². The number of pyridine rings is 1. The van der Waals surface area contributed by atoms with E-state index in [1.165, 1.54) is 13.2 Å². The molecule has 0 aliphatic carbocycles.